The summed E-state index contributed by atoms with van der Waals surface area (Å²) in [5.41, 5.74) is 6.15. The maximum absolute atomic E-state index is 5.76. The van der Waals surface area contributed by atoms with Crippen LogP contribution in [0.1, 0.15) is 28.4 Å². The molecule has 0 saturated carbocycles. The van der Waals surface area contributed by atoms with Crippen LogP contribution >= 0.6 is 0 Å². The molecule has 8 aromatic carbocycles. The quantitative estimate of drug-likeness (QED) is 0.143. The standard InChI is InChI=1S/C48H25N8.Al/c1-2-10-26-18-34-33(17-25(26)9-1)41-49-42(34)54-44-37-21-29-13-5-6-14-30(29)22-38(37)46(51-44)56-48-40-24-32-16-8-7-15-31(32)23-39(40)47(52-48)55-45-36-20-28-12-4-3-11-27(28)19-35(36)43(50-45)53-41;/h1-24,41H;/q-3;+3. The third-order valence-corrected chi connectivity index (χ3v) is 15.7. The van der Waals surface area contributed by atoms with Gasteiger partial charge in [-0.2, -0.15) is 0 Å². The zero-order valence-electron chi connectivity index (χ0n) is 30.1. The monoisotopic (exact) mass is 740 g/mol. The third kappa shape index (κ3) is 3.58. The first kappa shape index (κ1) is 29.2. The van der Waals surface area contributed by atoms with Crippen molar-refractivity contribution in [2.75, 3.05) is 0 Å². The third-order valence-electron chi connectivity index (χ3n) is 12.8. The van der Waals surface area contributed by atoms with Crippen LogP contribution in [-0.2, 0) is 0 Å². The maximum atomic E-state index is 5.76. The van der Waals surface area contributed by atoms with Crippen molar-refractivity contribution in [2.45, 2.75) is 6.17 Å². The van der Waals surface area contributed by atoms with Gasteiger partial charge in [0.15, 0.2) is 11.7 Å². The van der Waals surface area contributed by atoms with Crippen LogP contribution in [0.5, 0.6) is 0 Å². The van der Waals surface area contributed by atoms with E-state index in [9.17, 15) is 0 Å². The fourth-order valence-corrected chi connectivity index (χ4v) is 13.5. The summed E-state index contributed by atoms with van der Waals surface area (Å²) in [6, 6.07) is 52.7. The Morgan fingerprint density at radius 1 is 0.404 bits per heavy atom. The fraction of sp³-hybridized carbons (Fsp3) is 0.0208. The predicted molar refractivity (Wildman–Crippen MR) is 229 cm³/mol. The second-order valence-corrected chi connectivity index (χ2v) is 18.0. The van der Waals surface area contributed by atoms with Gasteiger partial charge in [-0.15, -0.1) is 0 Å². The van der Waals surface area contributed by atoms with Gasteiger partial charge in [0.05, 0.1) is 0 Å². The highest BCUT2D eigenvalue weighted by Gasteiger charge is 2.56. The van der Waals surface area contributed by atoms with Gasteiger partial charge in [0, 0.05) is 43.8 Å². The van der Waals surface area contributed by atoms with Crippen LogP contribution in [0.3, 0.4) is 0 Å². The summed E-state index contributed by atoms with van der Waals surface area (Å²) in [7, 11) is 0. The molecule has 57 heavy (non-hydrogen) atoms. The summed E-state index contributed by atoms with van der Waals surface area (Å²) in [5, 5.41) is 13.7. The normalized spacial score (nSPS) is 17.7. The van der Waals surface area contributed by atoms with Gasteiger partial charge in [0.1, 0.15) is 34.6 Å². The summed E-state index contributed by atoms with van der Waals surface area (Å²) < 4.78 is 7.50. The molecule has 5 aliphatic heterocycles. The molecule has 5 aliphatic rings. The van der Waals surface area contributed by atoms with E-state index in [0.29, 0.717) is 11.7 Å². The Morgan fingerprint density at radius 2 is 0.860 bits per heavy atom. The van der Waals surface area contributed by atoms with Crippen molar-refractivity contribution in [1.82, 2.24) is 11.0 Å². The molecule has 0 saturated heterocycles. The van der Waals surface area contributed by atoms with E-state index >= 15 is 0 Å². The lowest BCUT2D eigenvalue weighted by molar-refractivity contribution is 0.445. The fourth-order valence-electron chi connectivity index (χ4n) is 10.2. The zero-order chi connectivity index (χ0) is 36.7. The van der Waals surface area contributed by atoms with E-state index < -0.39 is 14.8 Å². The average molecular weight is 741 g/mol. The number of hydrogen-bond acceptors (Lipinski definition) is 6. The van der Waals surface area contributed by atoms with Gasteiger partial charge in [-0.25, -0.2) is 25.0 Å². The highest BCUT2D eigenvalue weighted by Crippen LogP contribution is 2.49. The number of fused-ring (bicyclic) bond motifs is 17. The van der Waals surface area contributed by atoms with Crippen molar-refractivity contribution in [1.29, 1.82) is 0 Å². The molecule has 1 unspecified atom stereocenters. The molecule has 0 radical (unpaired) electrons. The Labute approximate surface area is 328 Å². The molecular formula is C48H25AlN8. The summed E-state index contributed by atoms with van der Waals surface area (Å²) in [6.07, 6.45) is -0.248. The molecule has 0 spiro atoms. The van der Waals surface area contributed by atoms with Crippen molar-refractivity contribution in [3.63, 3.8) is 0 Å². The topological polar surface area (TPSA) is 74.9 Å². The highest BCUT2D eigenvalue weighted by atomic mass is 27.2. The Morgan fingerprint density at radius 3 is 1.44 bits per heavy atom. The highest BCUT2D eigenvalue weighted by molar-refractivity contribution is 6.60. The van der Waals surface area contributed by atoms with Crippen molar-refractivity contribution in [3.05, 3.63) is 179 Å². The van der Waals surface area contributed by atoms with Crippen molar-refractivity contribution in [3.8, 4) is 0 Å². The van der Waals surface area contributed by atoms with E-state index in [1.54, 1.807) is 0 Å². The van der Waals surface area contributed by atoms with E-state index in [1.165, 1.54) is 37.9 Å². The molecule has 0 N–H and O–H groups in total. The van der Waals surface area contributed by atoms with E-state index in [-0.39, 0.29) is 6.17 Å². The second-order valence-electron chi connectivity index (χ2n) is 15.7. The first-order chi connectivity index (χ1) is 28.2. The lowest BCUT2D eigenvalue weighted by Gasteiger charge is -2.37. The van der Waals surface area contributed by atoms with E-state index in [0.717, 1.165) is 77.5 Å². The Bertz CT molecular complexity index is 3850. The van der Waals surface area contributed by atoms with Crippen LogP contribution in [0.4, 0.5) is 11.6 Å². The largest absolute Gasteiger partial charge is 0.759 e. The number of aromatic nitrogens is 2. The van der Waals surface area contributed by atoms with E-state index in [1.807, 2.05) is 0 Å². The Hall–Kier alpha value is -7.18. The number of nitrogens with zero attached hydrogens (tertiary/aromatic N) is 8. The molecular weight excluding hydrogens is 716 g/mol. The summed E-state index contributed by atoms with van der Waals surface area (Å²) in [5.74, 6) is 4.15. The maximum Gasteiger partial charge on any atom is 0.759 e. The molecule has 0 fully saturated rings. The molecule has 8 nitrogen and oxygen atoms in total. The van der Waals surface area contributed by atoms with E-state index in [2.05, 4.69) is 157 Å². The number of aliphatic imine (C=N–C) groups is 3. The minimum atomic E-state index is -2.60. The molecule has 10 aromatic rings. The zero-order valence-corrected chi connectivity index (χ0v) is 31.2. The lowest BCUT2D eigenvalue weighted by atomic mass is 10.0. The van der Waals surface area contributed by atoms with Crippen LogP contribution in [0.2, 0.25) is 0 Å². The number of amidine groups is 3. The first-order valence-electron chi connectivity index (χ1n) is 19.4. The number of rotatable bonds is 0. The molecule has 260 valence electrons. The average Bonchev–Trinajstić information content (AvgIpc) is 3.94. The molecule has 0 amide bonds. The van der Waals surface area contributed by atoms with Gasteiger partial charge in [0.25, 0.3) is 0 Å². The Balaban J connectivity index is 1.18. The van der Waals surface area contributed by atoms with Crippen molar-refractivity contribution >= 4 is 109 Å². The number of benzene rings is 8. The number of hydrogen-bond donors (Lipinski definition) is 0. The summed E-state index contributed by atoms with van der Waals surface area (Å²) >= 11 is -2.60. The SMILES string of the molecule is c1ccc2cc3c(cc2c1)C1=N/C3=N\c2c3cc4ccccc4cc3c3[n]2[Al]2[N]4C(=N3)c3cc5ccccc5cc3C4N=c3c4cc5ccccc5cc4c([n]32)=N1. The molecule has 1 atom stereocenters. The van der Waals surface area contributed by atoms with Gasteiger partial charge >= 0.3 is 14.8 Å². The Kier molecular flexibility index (Phi) is 5.10. The smallest absolute Gasteiger partial charge is 0.385 e. The molecule has 15 rings (SSSR count). The van der Waals surface area contributed by atoms with Crippen LogP contribution in [0.15, 0.2) is 171 Å². The molecule has 2 aromatic heterocycles. The van der Waals surface area contributed by atoms with Gasteiger partial charge in [-0.05, 0) is 91.6 Å². The van der Waals surface area contributed by atoms with Gasteiger partial charge in [-0.1, -0.05) is 97.1 Å². The molecule has 7 heterocycles. The van der Waals surface area contributed by atoms with Crippen molar-refractivity contribution in [2.24, 2.45) is 25.0 Å². The van der Waals surface area contributed by atoms with E-state index in [4.69, 9.17) is 25.0 Å². The van der Waals surface area contributed by atoms with Crippen LogP contribution in [0, 0.1) is 0 Å². The molecule has 2 bridgehead atoms. The van der Waals surface area contributed by atoms with Crippen LogP contribution in [0.25, 0.3) is 64.6 Å². The van der Waals surface area contributed by atoms with Gasteiger partial charge < -0.3 is 11.0 Å². The predicted octanol–water partition coefficient (Wildman–Crippen LogP) is 9.10. The summed E-state index contributed by atoms with van der Waals surface area (Å²) in [6.45, 7) is 0. The minimum absolute atomic E-state index is 0.248. The molecule has 9 heteroatoms. The van der Waals surface area contributed by atoms with Crippen LogP contribution in [-0.4, -0.2) is 43.3 Å². The summed E-state index contributed by atoms with van der Waals surface area (Å²) in [4.78, 5) is 28.1. The second kappa shape index (κ2) is 9.97. The first-order valence-corrected chi connectivity index (χ1v) is 20.9. The van der Waals surface area contributed by atoms with Gasteiger partial charge in [0.2, 0.25) is 0 Å². The van der Waals surface area contributed by atoms with Crippen molar-refractivity contribution < 1.29 is 0 Å². The lowest BCUT2D eigenvalue weighted by Crippen LogP contribution is -2.62. The minimum Gasteiger partial charge on any atom is -0.385 e. The van der Waals surface area contributed by atoms with Crippen LogP contribution < -0.4 is 11.0 Å². The van der Waals surface area contributed by atoms with Gasteiger partial charge in [-0.3, -0.25) is 0 Å². The molecule has 0 aliphatic carbocycles.